The lowest BCUT2D eigenvalue weighted by atomic mass is 10.1. The maximum absolute atomic E-state index is 11.8. The summed E-state index contributed by atoms with van der Waals surface area (Å²) in [4.78, 5) is 23.3. The van der Waals surface area contributed by atoms with Gasteiger partial charge in [-0.25, -0.2) is 0 Å². The summed E-state index contributed by atoms with van der Waals surface area (Å²) in [5.74, 6) is 0.181. The Balaban J connectivity index is 1.62. The molecule has 1 atom stereocenters. The van der Waals surface area contributed by atoms with Crippen LogP contribution in [0, 0.1) is 0 Å². The molecular weight excluding hydrogens is 264 g/mol. The Bertz CT molecular complexity index is 459. The van der Waals surface area contributed by atoms with Crippen LogP contribution in [0.4, 0.5) is 0 Å². The van der Waals surface area contributed by atoms with Crippen LogP contribution in [-0.2, 0) is 16.0 Å². The zero-order chi connectivity index (χ0) is 14.9. The SMILES string of the molecule is O=C(CCCc1ccccc1)NCC1CCCCC(=O)N1. The number of rotatable bonds is 6. The van der Waals surface area contributed by atoms with E-state index in [0.29, 0.717) is 19.4 Å². The van der Waals surface area contributed by atoms with Gasteiger partial charge in [0.2, 0.25) is 11.8 Å². The molecule has 4 heteroatoms. The molecule has 2 rings (SSSR count). The lowest BCUT2D eigenvalue weighted by Gasteiger charge is -2.16. The maximum atomic E-state index is 11.8. The summed E-state index contributed by atoms with van der Waals surface area (Å²) in [5, 5.41) is 5.90. The third-order valence-corrected chi connectivity index (χ3v) is 3.83. The molecule has 1 aliphatic rings. The Labute approximate surface area is 126 Å². The van der Waals surface area contributed by atoms with E-state index in [1.165, 1.54) is 5.56 Å². The van der Waals surface area contributed by atoms with Crippen molar-refractivity contribution in [1.29, 1.82) is 0 Å². The van der Waals surface area contributed by atoms with Crippen LogP contribution in [0.5, 0.6) is 0 Å². The second kappa shape index (κ2) is 8.45. The van der Waals surface area contributed by atoms with Crippen LogP contribution in [0.3, 0.4) is 0 Å². The molecule has 0 bridgehead atoms. The molecule has 1 aromatic rings. The van der Waals surface area contributed by atoms with Crippen molar-refractivity contribution in [2.75, 3.05) is 6.54 Å². The molecule has 1 saturated heterocycles. The average Bonchev–Trinajstić information content (AvgIpc) is 2.70. The minimum Gasteiger partial charge on any atom is -0.354 e. The van der Waals surface area contributed by atoms with E-state index in [1.54, 1.807) is 0 Å². The molecule has 4 nitrogen and oxygen atoms in total. The Hall–Kier alpha value is -1.84. The summed E-state index contributed by atoms with van der Waals surface area (Å²) >= 11 is 0. The Morgan fingerprint density at radius 1 is 1.24 bits per heavy atom. The summed E-state index contributed by atoms with van der Waals surface area (Å²) in [6, 6.07) is 10.3. The largest absolute Gasteiger partial charge is 0.354 e. The first-order valence-corrected chi connectivity index (χ1v) is 7.84. The van der Waals surface area contributed by atoms with Crippen molar-refractivity contribution in [3.63, 3.8) is 0 Å². The van der Waals surface area contributed by atoms with Gasteiger partial charge in [0.05, 0.1) is 0 Å². The summed E-state index contributed by atoms with van der Waals surface area (Å²) < 4.78 is 0. The number of benzene rings is 1. The van der Waals surface area contributed by atoms with Crippen molar-refractivity contribution in [1.82, 2.24) is 10.6 Å². The van der Waals surface area contributed by atoms with Crippen LogP contribution >= 0.6 is 0 Å². The molecule has 1 aromatic carbocycles. The van der Waals surface area contributed by atoms with Gasteiger partial charge in [0.1, 0.15) is 0 Å². The number of amides is 2. The molecule has 0 aliphatic carbocycles. The maximum Gasteiger partial charge on any atom is 0.220 e. The van der Waals surface area contributed by atoms with Gasteiger partial charge in [-0.1, -0.05) is 36.8 Å². The predicted molar refractivity (Wildman–Crippen MR) is 82.8 cm³/mol. The van der Waals surface area contributed by atoms with Gasteiger partial charge < -0.3 is 10.6 Å². The zero-order valence-electron chi connectivity index (χ0n) is 12.4. The van der Waals surface area contributed by atoms with E-state index in [0.717, 1.165) is 32.1 Å². The van der Waals surface area contributed by atoms with Crippen LogP contribution in [0.2, 0.25) is 0 Å². The summed E-state index contributed by atoms with van der Waals surface area (Å²) in [6.45, 7) is 0.551. The molecule has 1 heterocycles. The molecule has 114 valence electrons. The second-order valence-corrected chi connectivity index (χ2v) is 5.65. The molecule has 1 aliphatic heterocycles. The first-order chi connectivity index (χ1) is 10.2. The van der Waals surface area contributed by atoms with Gasteiger partial charge in [-0.15, -0.1) is 0 Å². The molecule has 2 amide bonds. The molecule has 2 N–H and O–H groups in total. The fourth-order valence-corrected chi connectivity index (χ4v) is 2.62. The van der Waals surface area contributed by atoms with Crippen molar-refractivity contribution in [2.45, 2.75) is 51.0 Å². The van der Waals surface area contributed by atoms with Gasteiger partial charge in [-0.05, 0) is 31.2 Å². The zero-order valence-corrected chi connectivity index (χ0v) is 12.4. The van der Waals surface area contributed by atoms with Gasteiger partial charge in [0.15, 0.2) is 0 Å². The summed E-state index contributed by atoms with van der Waals surface area (Å²) in [7, 11) is 0. The summed E-state index contributed by atoms with van der Waals surface area (Å²) in [6.07, 6.45) is 5.88. The highest BCUT2D eigenvalue weighted by atomic mass is 16.2. The van der Waals surface area contributed by atoms with Crippen molar-refractivity contribution < 1.29 is 9.59 Å². The van der Waals surface area contributed by atoms with E-state index in [4.69, 9.17) is 0 Å². The van der Waals surface area contributed by atoms with Crippen LogP contribution < -0.4 is 10.6 Å². The first kappa shape index (κ1) is 15.5. The average molecular weight is 288 g/mol. The number of carbonyl (C=O) groups is 2. The van der Waals surface area contributed by atoms with Crippen LogP contribution in [0.25, 0.3) is 0 Å². The number of aryl methyl sites for hydroxylation is 1. The highest BCUT2D eigenvalue weighted by molar-refractivity contribution is 5.77. The van der Waals surface area contributed by atoms with Crippen molar-refractivity contribution >= 4 is 11.8 Å². The first-order valence-electron chi connectivity index (χ1n) is 7.84. The molecule has 0 radical (unpaired) electrons. The number of hydrogen-bond acceptors (Lipinski definition) is 2. The highest BCUT2D eigenvalue weighted by Gasteiger charge is 2.16. The fourth-order valence-electron chi connectivity index (χ4n) is 2.62. The van der Waals surface area contributed by atoms with Gasteiger partial charge in [-0.3, -0.25) is 9.59 Å². The van der Waals surface area contributed by atoms with Gasteiger partial charge in [0.25, 0.3) is 0 Å². The minimum absolute atomic E-state index is 0.0735. The van der Waals surface area contributed by atoms with Gasteiger partial charge in [-0.2, -0.15) is 0 Å². The standard InChI is InChI=1S/C17H24N2O2/c20-16(12-6-9-14-7-2-1-3-8-14)18-13-15-10-4-5-11-17(21)19-15/h1-3,7-8,15H,4-6,9-13H2,(H,18,20)(H,19,21). The van der Waals surface area contributed by atoms with Crippen LogP contribution in [-0.4, -0.2) is 24.4 Å². The van der Waals surface area contributed by atoms with Crippen molar-refractivity contribution in [2.24, 2.45) is 0 Å². The Morgan fingerprint density at radius 2 is 2.05 bits per heavy atom. The third kappa shape index (κ3) is 5.98. The van der Waals surface area contributed by atoms with E-state index in [1.807, 2.05) is 18.2 Å². The van der Waals surface area contributed by atoms with E-state index < -0.39 is 0 Å². The number of carbonyl (C=O) groups excluding carboxylic acids is 2. The molecular formula is C17H24N2O2. The lowest BCUT2D eigenvalue weighted by Crippen LogP contribution is -2.42. The molecule has 0 aromatic heterocycles. The van der Waals surface area contributed by atoms with E-state index in [9.17, 15) is 9.59 Å². The van der Waals surface area contributed by atoms with E-state index >= 15 is 0 Å². The number of hydrogen-bond donors (Lipinski definition) is 2. The molecule has 1 unspecified atom stereocenters. The van der Waals surface area contributed by atoms with Crippen LogP contribution in [0.1, 0.15) is 44.1 Å². The summed E-state index contributed by atoms with van der Waals surface area (Å²) in [5.41, 5.74) is 1.27. The predicted octanol–water partition coefficient (Wildman–Crippen LogP) is 2.18. The van der Waals surface area contributed by atoms with E-state index in [2.05, 4.69) is 22.8 Å². The normalized spacial score (nSPS) is 18.7. The monoisotopic (exact) mass is 288 g/mol. The lowest BCUT2D eigenvalue weighted by molar-refractivity contribution is -0.123. The smallest absolute Gasteiger partial charge is 0.220 e. The number of nitrogens with one attached hydrogen (secondary N) is 2. The molecule has 21 heavy (non-hydrogen) atoms. The minimum atomic E-state index is 0.0735. The van der Waals surface area contributed by atoms with Crippen LogP contribution in [0.15, 0.2) is 30.3 Å². The topological polar surface area (TPSA) is 58.2 Å². The second-order valence-electron chi connectivity index (χ2n) is 5.65. The van der Waals surface area contributed by atoms with Gasteiger partial charge in [0, 0.05) is 25.4 Å². The highest BCUT2D eigenvalue weighted by Crippen LogP contribution is 2.09. The molecule has 1 fully saturated rings. The Kier molecular flexibility index (Phi) is 6.25. The van der Waals surface area contributed by atoms with E-state index in [-0.39, 0.29) is 17.9 Å². The van der Waals surface area contributed by atoms with Crippen molar-refractivity contribution in [3.05, 3.63) is 35.9 Å². The molecule has 0 spiro atoms. The molecule has 0 saturated carbocycles. The van der Waals surface area contributed by atoms with Crippen molar-refractivity contribution in [3.8, 4) is 0 Å². The third-order valence-electron chi connectivity index (χ3n) is 3.83. The Morgan fingerprint density at radius 3 is 2.86 bits per heavy atom. The van der Waals surface area contributed by atoms with Gasteiger partial charge >= 0.3 is 0 Å². The quantitative estimate of drug-likeness (QED) is 0.843. The fraction of sp³-hybridized carbons (Fsp3) is 0.529.